The van der Waals surface area contributed by atoms with Crippen LogP contribution >= 0.6 is 0 Å². The highest BCUT2D eigenvalue weighted by Crippen LogP contribution is 2.25. The van der Waals surface area contributed by atoms with Crippen LogP contribution in [0.25, 0.3) is 0 Å². The number of amides is 1. The highest BCUT2D eigenvalue weighted by atomic mass is 16.4. The van der Waals surface area contributed by atoms with E-state index in [0.29, 0.717) is 13.1 Å². The van der Waals surface area contributed by atoms with Crippen molar-refractivity contribution >= 4 is 17.6 Å². The molecule has 0 aliphatic carbocycles. The van der Waals surface area contributed by atoms with Crippen LogP contribution in [0.1, 0.15) is 37.4 Å². The number of aryl methyl sites for hydroxylation is 3. The molecule has 26 heavy (non-hydrogen) atoms. The molecule has 0 unspecified atom stereocenters. The maximum Gasteiger partial charge on any atom is 0.336 e. The topological polar surface area (TPSA) is 60.9 Å². The number of carbonyl (C=O) groups excluding carboxylic acids is 1. The molecule has 1 amide bonds. The van der Waals surface area contributed by atoms with Crippen molar-refractivity contribution in [1.82, 2.24) is 4.90 Å². The lowest BCUT2D eigenvalue weighted by atomic mass is 10.0. The molecule has 2 aromatic rings. The molecule has 2 aromatic carbocycles. The largest absolute Gasteiger partial charge is 0.478 e. The van der Waals surface area contributed by atoms with Crippen LogP contribution in [0.3, 0.4) is 0 Å². The molecule has 0 aromatic heterocycles. The lowest BCUT2D eigenvalue weighted by molar-refractivity contribution is 0.0673. The number of anilines is 1. The lowest BCUT2D eigenvalue weighted by Crippen LogP contribution is -2.49. The molecule has 1 aliphatic rings. The van der Waals surface area contributed by atoms with E-state index in [1.54, 1.807) is 23.1 Å². The van der Waals surface area contributed by atoms with E-state index >= 15 is 0 Å². The van der Waals surface area contributed by atoms with Gasteiger partial charge in [-0.3, -0.25) is 4.79 Å². The minimum atomic E-state index is -1.07. The molecule has 0 radical (unpaired) electrons. The van der Waals surface area contributed by atoms with Gasteiger partial charge in [0.25, 0.3) is 5.91 Å². The van der Waals surface area contributed by atoms with Crippen LogP contribution < -0.4 is 4.90 Å². The van der Waals surface area contributed by atoms with Gasteiger partial charge >= 0.3 is 5.97 Å². The first kappa shape index (κ1) is 18.0. The molecule has 1 fully saturated rings. The van der Waals surface area contributed by atoms with Crippen molar-refractivity contribution in [2.24, 2.45) is 0 Å². The van der Waals surface area contributed by atoms with Gasteiger partial charge < -0.3 is 14.9 Å². The maximum absolute atomic E-state index is 12.8. The summed E-state index contributed by atoms with van der Waals surface area (Å²) < 4.78 is 0. The number of aromatic carboxylic acids is 1. The van der Waals surface area contributed by atoms with Gasteiger partial charge in [-0.05, 0) is 55.7 Å². The Morgan fingerprint density at radius 3 is 2.04 bits per heavy atom. The third kappa shape index (κ3) is 3.43. The second kappa shape index (κ2) is 7.20. The first-order valence-electron chi connectivity index (χ1n) is 8.83. The molecule has 5 heteroatoms. The molecule has 0 bridgehead atoms. The van der Waals surface area contributed by atoms with Crippen LogP contribution in [-0.4, -0.2) is 48.1 Å². The van der Waals surface area contributed by atoms with E-state index in [4.69, 9.17) is 0 Å². The van der Waals surface area contributed by atoms with E-state index in [9.17, 15) is 14.7 Å². The summed E-state index contributed by atoms with van der Waals surface area (Å²) in [6.45, 7) is 8.98. The molecule has 0 saturated carbocycles. The zero-order valence-electron chi connectivity index (χ0n) is 15.5. The fraction of sp³-hybridized carbons (Fsp3) is 0.333. The van der Waals surface area contributed by atoms with E-state index in [0.717, 1.165) is 13.1 Å². The average Bonchev–Trinajstić information content (AvgIpc) is 2.64. The highest BCUT2D eigenvalue weighted by Gasteiger charge is 2.25. The minimum absolute atomic E-state index is 0.0601. The van der Waals surface area contributed by atoms with Crippen LogP contribution in [0, 0.1) is 20.8 Å². The van der Waals surface area contributed by atoms with Gasteiger partial charge in [-0.25, -0.2) is 4.79 Å². The number of rotatable bonds is 3. The Balaban J connectivity index is 1.74. The summed E-state index contributed by atoms with van der Waals surface area (Å²) in [6.07, 6.45) is 0. The number of carboxylic acid groups (broad SMARTS) is 1. The Bertz CT molecular complexity index is 852. The van der Waals surface area contributed by atoms with Crippen LogP contribution in [-0.2, 0) is 0 Å². The Morgan fingerprint density at radius 1 is 0.846 bits per heavy atom. The van der Waals surface area contributed by atoms with Crippen LogP contribution in [0.2, 0.25) is 0 Å². The summed E-state index contributed by atoms with van der Waals surface area (Å²) in [6, 6.07) is 10.8. The summed E-state index contributed by atoms with van der Waals surface area (Å²) in [5.41, 5.74) is 5.32. The normalized spacial score (nSPS) is 14.4. The molecule has 3 rings (SSSR count). The predicted octanol–water partition coefficient (Wildman–Crippen LogP) is 3.27. The SMILES string of the molecule is Cc1cc(C)c(N2CCN(C(=O)c3ccccc3C(=O)O)CC2)cc1C. The molecule has 136 valence electrons. The van der Waals surface area contributed by atoms with Gasteiger partial charge in [0.15, 0.2) is 0 Å². The standard InChI is InChI=1S/C21H24N2O3/c1-14-12-16(3)19(13-15(14)2)22-8-10-23(11-9-22)20(24)17-6-4-5-7-18(17)21(25)26/h4-7,12-13H,8-11H2,1-3H3,(H,25,26). The number of piperazine rings is 1. The van der Waals surface area contributed by atoms with Gasteiger partial charge in [0, 0.05) is 31.9 Å². The maximum atomic E-state index is 12.8. The molecule has 0 atom stereocenters. The van der Waals surface area contributed by atoms with Crippen molar-refractivity contribution < 1.29 is 14.7 Å². The zero-order valence-corrected chi connectivity index (χ0v) is 15.5. The number of benzene rings is 2. The molecule has 1 N–H and O–H groups in total. The average molecular weight is 352 g/mol. The second-order valence-electron chi connectivity index (χ2n) is 6.85. The van der Waals surface area contributed by atoms with Crippen molar-refractivity contribution in [3.63, 3.8) is 0 Å². The molecular weight excluding hydrogens is 328 g/mol. The summed E-state index contributed by atoms with van der Waals surface area (Å²) >= 11 is 0. The quantitative estimate of drug-likeness (QED) is 0.921. The summed E-state index contributed by atoms with van der Waals surface area (Å²) in [5, 5.41) is 9.30. The molecular formula is C21H24N2O3. The lowest BCUT2D eigenvalue weighted by Gasteiger charge is -2.37. The van der Waals surface area contributed by atoms with Gasteiger partial charge in [-0.15, -0.1) is 0 Å². The van der Waals surface area contributed by atoms with E-state index in [1.807, 2.05) is 0 Å². The number of hydrogen-bond donors (Lipinski definition) is 1. The highest BCUT2D eigenvalue weighted by molar-refractivity contribution is 6.04. The zero-order chi connectivity index (χ0) is 18.8. The first-order chi connectivity index (χ1) is 12.4. The molecule has 5 nitrogen and oxygen atoms in total. The molecule has 0 spiro atoms. The van der Waals surface area contributed by atoms with Gasteiger partial charge in [0.1, 0.15) is 0 Å². The third-order valence-electron chi connectivity index (χ3n) is 5.11. The van der Waals surface area contributed by atoms with E-state index < -0.39 is 5.97 Å². The fourth-order valence-electron chi connectivity index (χ4n) is 3.46. The summed E-state index contributed by atoms with van der Waals surface area (Å²) in [7, 11) is 0. The Kier molecular flexibility index (Phi) is 4.98. The number of carbonyl (C=O) groups is 2. The Hall–Kier alpha value is -2.82. The van der Waals surface area contributed by atoms with Gasteiger partial charge in [-0.1, -0.05) is 18.2 Å². The summed E-state index contributed by atoms with van der Waals surface area (Å²) in [4.78, 5) is 28.2. The van der Waals surface area contributed by atoms with Crippen LogP contribution in [0.4, 0.5) is 5.69 Å². The first-order valence-corrected chi connectivity index (χ1v) is 8.83. The number of nitrogens with zero attached hydrogens (tertiary/aromatic N) is 2. The van der Waals surface area contributed by atoms with E-state index in [-0.39, 0.29) is 17.0 Å². The fourth-order valence-corrected chi connectivity index (χ4v) is 3.46. The minimum Gasteiger partial charge on any atom is -0.478 e. The molecule has 1 aliphatic heterocycles. The molecule has 1 heterocycles. The van der Waals surface area contributed by atoms with Crippen LogP contribution in [0.5, 0.6) is 0 Å². The van der Waals surface area contributed by atoms with E-state index in [2.05, 4.69) is 37.8 Å². The smallest absolute Gasteiger partial charge is 0.336 e. The number of carboxylic acids is 1. The second-order valence-corrected chi connectivity index (χ2v) is 6.85. The predicted molar refractivity (Wildman–Crippen MR) is 102 cm³/mol. The van der Waals surface area contributed by atoms with Crippen LogP contribution in [0.15, 0.2) is 36.4 Å². The Labute approximate surface area is 153 Å². The van der Waals surface area contributed by atoms with Gasteiger partial charge in [0.05, 0.1) is 11.1 Å². The van der Waals surface area contributed by atoms with Gasteiger partial charge in [-0.2, -0.15) is 0 Å². The van der Waals surface area contributed by atoms with Crippen molar-refractivity contribution in [3.05, 3.63) is 64.2 Å². The van der Waals surface area contributed by atoms with Crippen molar-refractivity contribution in [2.45, 2.75) is 20.8 Å². The summed E-state index contributed by atoms with van der Waals surface area (Å²) in [5.74, 6) is -1.28. The third-order valence-corrected chi connectivity index (χ3v) is 5.11. The van der Waals surface area contributed by atoms with Crippen molar-refractivity contribution in [2.75, 3.05) is 31.1 Å². The van der Waals surface area contributed by atoms with Gasteiger partial charge in [0.2, 0.25) is 0 Å². The van der Waals surface area contributed by atoms with E-state index in [1.165, 1.54) is 28.4 Å². The Morgan fingerprint density at radius 2 is 1.42 bits per heavy atom. The number of hydrogen-bond acceptors (Lipinski definition) is 3. The van der Waals surface area contributed by atoms with Crippen molar-refractivity contribution in [1.29, 1.82) is 0 Å². The monoisotopic (exact) mass is 352 g/mol. The molecule has 1 saturated heterocycles. The van der Waals surface area contributed by atoms with Crippen molar-refractivity contribution in [3.8, 4) is 0 Å².